The lowest BCUT2D eigenvalue weighted by atomic mass is 10.2. The molecule has 6 nitrogen and oxygen atoms in total. The summed E-state index contributed by atoms with van der Waals surface area (Å²) in [6.45, 7) is 6.54. The van der Waals surface area contributed by atoms with Crippen molar-refractivity contribution >= 4 is 29.0 Å². The number of thioether (sulfide) groups is 1. The van der Waals surface area contributed by atoms with Crippen molar-refractivity contribution in [1.29, 1.82) is 0 Å². The Labute approximate surface area is 175 Å². The average molecular weight is 415 g/mol. The van der Waals surface area contributed by atoms with E-state index < -0.39 is 0 Å². The van der Waals surface area contributed by atoms with Gasteiger partial charge < -0.3 is 24.4 Å². The Morgan fingerprint density at radius 2 is 1.72 bits per heavy atom. The van der Waals surface area contributed by atoms with Crippen LogP contribution in [0.5, 0.6) is 11.5 Å². The Balaban J connectivity index is 1.34. The van der Waals surface area contributed by atoms with Crippen LogP contribution in [0.2, 0.25) is 0 Å². The Bertz CT molecular complexity index is 837. The lowest BCUT2D eigenvalue weighted by Gasteiger charge is -2.28. The van der Waals surface area contributed by atoms with E-state index in [1.165, 1.54) is 11.8 Å². The zero-order chi connectivity index (χ0) is 20.1. The second-order valence-electron chi connectivity index (χ2n) is 7.05. The highest BCUT2D eigenvalue weighted by molar-refractivity contribution is 8.00. The van der Waals surface area contributed by atoms with Crippen LogP contribution in [0.3, 0.4) is 0 Å². The smallest absolute Gasteiger partial charge is 0.237 e. The molecule has 0 spiro atoms. The summed E-state index contributed by atoms with van der Waals surface area (Å²) >= 11 is 1.51. The molecule has 1 N–H and O–H groups in total. The lowest BCUT2D eigenvalue weighted by Crippen LogP contribution is -2.36. The van der Waals surface area contributed by atoms with Crippen molar-refractivity contribution in [3.05, 3.63) is 42.5 Å². The molecule has 0 aliphatic carbocycles. The van der Waals surface area contributed by atoms with E-state index in [1.54, 1.807) is 0 Å². The molecule has 1 amide bonds. The van der Waals surface area contributed by atoms with Gasteiger partial charge in [0.15, 0.2) is 11.5 Å². The molecule has 0 bridgehead atoms. The van der Waals surface area contributed by atoms with Crippen molar-refractivity contribution in [2.75, 3.05) is 49.7 Å². The number of nitrogens with one attached hydrogen (secondary N) is 1. The SMILES string of the molecule is CC(Sc1ccc2c(c1)OCCCO2)C(=O)Nc1ccc(N2CCOCC2)cc1. The number of anilines is 2. The maximum Gasteiger partial charge on any atom is 0.237 e. The minimum atomic E-state index is -0.237. The van der Waals surface area contributed by atoms with Crippen molar-refractivity contribution in [2.45, 2.75) is 23.5 Å². The Morgan fingerprint density at radius 3 is 2.48 bits per heavy atom. The molecule has 29 heavy (non-hydrogen) atoms. The molecule has 2 aromatic rings. The minimum absolute atomic E-state index is 0.0266. The van der Waals surface area contributed by atoms with Crippen LogP contribution in [0.25, 0.3) is 0 Å². The first-order chi connectivity index (χ1) is 14.2. The topological polar surface area (TPSA) is 60.0 Å². The van der Waals surface area contributed by atoms with Crippen molar-refractivity contribution in [3.8, 4) is 11.5 Å². The van der Waals surface area contributed by atoms with Gasteiger partial charge in [-0.25, -0.2) is 0 Å². The van der Waals surface area contributed by atoms with Crippen LogP contribution < -0.4 is 19.7 Å². The van der Waals surface area contributed by atoms with Gasteiger partial charge in [0, 0.05) is 35.8 Å². The number of benzene rings is 2. The molecule has 2 aliphatic heterocycles. The lowest BCUT2D eigenvalue weighted by molar-refractivity contribution is -0.115. The van der Waals surface area contributed by atoms with Gasteiger partial charge in [-0.05, 0) is 49.4 Å². The first kappa shape index (κ1) is 19.9. The summed E-state index contributed by atoms with van der Waals surface area (Å²) < 4.78 is 16.8. The number of nitrogens with zero attached hydrogens (tertiary/aromatic N) is 1. The molecule has 1 unspecified atom stereocenters. The highest BCUT2D eigenvalue weighted by Gasteiger charge is 2.18. The zero-order valence-electron chi connectivity index (χ0n) is 16.6. The standard InChI is InChI=1S/C22H26N2O4S/c1-16(29-19-7-8-20-21(15-19)28-12-2-11-27-20)22(25)23-17-3-5-18(6-4-17)24-9-13-26-14-10-24/h3-8,15-16H,2,9-14H2,1H3,(H,23,25). The molecule has 0 aromatic heterocycles. The molecule has 2 aliphatic rings. The van der Waals surface area contributed by atoms with E-state index in [1.807, 2.05) is 49.4 Å². The first-order valence-corrected chi connectivity index (χ1v) is 10.9. The third-order valence-corrected chi connectivity index (χ3v) is 6.01. The van der Waals surface area contributed by atoms with Crippen molar-refractivity contribution in [2.24, 2.45) is 0 Å². The molecular formula is C22H26N2O4S. The van der Waals surface area contributed by atoms with Gasteiger partial charge >= 0.3 is 0 Å². The van der Waals surface area contributed by atoms with Gasteiger partial charge in [-0.15, -0.1) is 11.8 Å². The Morgan fingerprint density at radius 1 is 1.00 bits per heavy atom. The zero-order valence-corrected chi connectivity index (χ0v) is 17.4. The third-order valence-electron chi connectivity index (χ3n) is 4.91. The summed E-state index contributed by atoms with van der Waals surface area (Å²) in [4.78, 5) is 15.9. The molecular weight excluding hydrogens is 388 g/mol. The molecule has 1 saturated heterocycles. The van der Waals surface area contributed by atoms with E-state index in [0.717, 1.165) is 60.5 Å². The van der Waals surface area contributed by atoms with Gasteiger partial charge in [0.05, 0.1) is 31.7 Å². The van der Waals surface area contributed by atoms with Crippen LogP contribution in [0.15, 0.2) is 47.4 Å². The summed E-state index contributed by atoms with van der Waals surface area (Å²) in [6, 6.07) is 13.8. The van der Waals surface area contributed by atoms with Crippen LogP contribution in [-0.2, 0) is 9.53 Å². The van der Waals surface area contributed by atoms with E-state index in [4.69, 9.17) is 14.2 Å². The van der Waals surface area contributed by atoms with E-state index in [0.29, 0.717) is 13.2 Å². The third kappa shape index (κ3) is 5.16. The van der Waals surface area contributed by atoms with Gasteiger partial charge in [-0.1, -0.05) is 0 Å². The summed E-state index contributed by atoms with van der Waals surface area (Å²) in [5.41, 5.74) is 1.96. The van der Waals surface area contributed by atoms with E-state index in [-0.39, 0.29) is 11.2 Å². The van der Waals surface area contributed by atoms with Crippen LogP contribution in [0.4, 0.5) is 11.4 Å². The average Bonchev–Trinajstić information content (AvgIpc) is 3.00. The predicted octanol–water partition coefficient (Wildman–Crippen LogP) is 3.80. The second-order valence-corrected chi connectivity index (χ2v) is 8.47. The monoisotopic (exact) mass is 414 g/mol. The van der Waals surface area contributed by atoms with Crippen LogP contribution in [0, 0.1) is 0 Å². The number of carbonyl (C=O) groups excluding carboxylic acids is 1. The predicted molar refractivity (Wildman–Crippen MR) is 115 cm³/mol. The number of rotatable bonds is 5. The Hall–Kier alpha value is -2.38. The molecule has 4 rings (SSSR count). The fourth-order valence-electron chi connectivity index (χ4n) is 3.30. The number of fused-ring (bicyclic) bond motifs is 1. The maximum absolute atomic E-state index is 12.6. The molecule has 1 atom stereocenters. The highest BCUT2D eigenvalue weighted by atomic mass is 32.2. The second kappa shape index (κ2) is 9.41. The van der Waals surface area contributed by atoms with Crippen molar-refractivity contribution in [3.63, 3.8) is 0 Å². The van der Waals surface area contributed by atoms with E-state index in [9.17, 15) is 4.79 Å². The molecule has 1 fully saturated rings. The fourth-order valence-corrected chi connectivity index (χ4v) is 4.19. The number of ether oxygens (including phenoxy) is 3. The fraction of sp³-hybridized carbons (Fsp3) is 0.409. The normalized spacial score (nSPS) is 17.3. The van der Waals surface area contributed by atoms with Crippen molar-refractivity contribution in [1.82, 2.24) is 0 Å². The molecule has 2 aromatic carbocycles. The molecule has 0 radical (unpaired) electrons. The van der Waals surface area contributed by atoms with E-state index >= 15 is 0 Å². The highest BCUT2D eigenvalue weighted by Crippen LogP contribution is 2.35. The number of morpholine rings is 1. The van der Waals surface area contributed by atoms with Crippen LogP contribution in [0.1, 0.15) is 13.3 Å². The van der Waals surface area contributed by atoms with Crippen molar-refractivity contribution < 1.29 is 19.0 Å². The molecule has 7 heteroatoms. The maximum atomic E-state index is 12.6. The van der Waals surface area contributed by atoms with Gasteiger partial charge in [-0.2, -0.15) is 0 Å². The summed E-state index contributed by atoms with van der Waals surface area (Å²) in [5, 5.41) is 2.77. The molecule has 154 valence electrons. The number of amides is 1. The minimum Gasteiger partial charge on any atom is -0.490 e. The number of carbonyl (C=O) groups is 1. The number of hydrogen-bond acceptors (Lipinski definition) is 6. The van der Waals surface area contributed by atoms with Crippen LogP contribution in [-0.4, -0.2) is 50.7 Å². The molecule has 0 saturated carbocycles. The van der Waals surface area contributed by atoms with Gasteiger partial charge in [0.1, 0.15) is 0 Å². The Kier molecular flexibility index (Phi) is 6.46. The summed E-state index contributed by atoms with van der Waals surface area (Å²) in [7, 11) is 0. The largest absolute Gasteiger partial charge is 0.490 e. The van der Waals surface area contributed by atoms with Gasteiger partial charge in [0.2, 0.25) is 5.91 Å². The summed E-state index contributed by atoms with van der Waals surface area (Å²) in [5.74, 6) is 1.49. The van der Waals surface area contributed by atoms with Gasteiger partial charge in [-0.3, -0.25) is 4.79 Å². The van der Waals surface area contributed by atoms with Gasteiger partial charge in [0.25, 0.3) is 0 Å². The van der Waals surface area contributed by atoms with Crippen LogP contribution >= 0.6 is 11.8 Å². The van der Waals surface area contributed by atoms with E-state index in [2.05, 4.69) is 10.2 Å². The molecule has 2 heterocycles. The number of hydrogen-bond donors (Lipinski definition) is 1. The quantitative estimate of drug-likeness (QED) is 0.751. The first-order valence-electron chi connectivity index (χ1n) is 9.99. The summed E-state index contributed by atoms with van der Waals surface area (Å²) in [6.07, 6.45) is 0.875.